The summed E-state index contributed by atoms with van der Waals surface area (Å²) in [7, 11) is 0. The molecule has 0 saturated heterocycles. The number of aliphatic hydroxyl groups excluding tert-OH is 1. The molecule has 0 bridgehead atoms. The highest BCUT2D eigenvalue weighted by atomic mass is 16.7. The molecular formula is C21H20N6O3. The second-order valence-electron chi connectivity index (χ2n) is 6.95. The number of ether oxygens (including phenoxy) is 2. The number of nitrogens with zero attached hydrogens (tertiary/aromatic N) is 4. The number of anilines is 3. The summed E-state index contributed by atoms with van der Waals surface area (Å²) in [5.74, 6) is 2.38. The molecule has 9 heteroatoms. The molecule has 0 fully saturated rings. The lowest BCUT2D eigenvalue weighted by molar-refractivity contribution is 0.174. The van der Waals surface area contributed by atoms with E-state index in [-0.39, 0.29) is 6.79 Å². The zero-order chi connectivity index (χ0) is 20.5. The van der Waals surface area contributed by atoms with Crippen LogP contribution in [-0.4, -0.2) is 44.3 Å². The number of aromatic nitrogens is 4. The van der Waals surface area contributed by atoms with Crippen molar-refractivity contribution in [3.05, 3.63) is 54.7 Å². The molecule has 0 aliphatic carbocycles. The van der Waals surface area contributed by atoms with Crippen LogP contribution in [0.15, 0.2) is 54.7 Å². The van der Waals surface area contributed by atoms with Crippen molar-refractivity contribution in [1.82, 2.24) is 19.7 Å². The Morgan fingerprint density at radius 2 is 1.93 bits per heavy atom. The van der Waals surface area contributed by atoms with E-state index in [2.05, 4.69) is 25.7 Å². The van der Waals surface area contributed by atoms with Crippen LogP contribution in [0, 0.1) is 0 Å². The van der Waals surface area contributed by atoms with Crippen molar-refractivity contribution in [3.63, 3.8) is 0 Å². The topological polar surface area (TPSA) is 106 Å². The van der Waals surface area contributed by atoms with Gasteiger partial charge in [-0.05, 0) is 31.2 Å². The Morgan fingerprint density at radius 1 is 1.10 bits per heavy atom. The maximum Gasteiger partial charge on any atom is 0.231 e. The molecule has 1 aliphatic heterocycles. The fourth-order valence-electron chi connectivity index (χ4n) is 3.19. The van der Waals surface area contributed by atoms with Crippen molar-refractivity contribution in [2.45, 2.75) is 13.0 Å². The summed E-state index contributed by atoms with van der Waals surface area (Å²) >= 11 is 0. The molecule has 0 saturated carbocycles. The number of benzene rings is 2. The summed E-state index contributed by atoms with van der Waals surface area (Å²) in [6.07, 6.45) is 1.20. The maximum atomic E-state index is 9.64. The average molecular weight is 404 g/mol. The van der Waals surface area contributed by atoms with Crippen LogP contribution in [-0.2, 0) is 0 Å². The Labute approximate surface area is 172 Å². The van der Waals surface area contributed by atoms with Gasteiger partial charge in [0.1, 0.15) is 5.82 Å². The van der Waals surface area contributed by atoms with Gasteiger partial charge in [0.15, 0.2) is 17.1 Å². The van der Waals surface area contributed by atoms with Gasteiger partial charge in [-0.1, -0.05) is 18.2 Å². The van der Waals surface area contributed by atoms with Crippen molar-refractivity contribution in [1.29, 1.82) is 0 Å². The van der Waals surface area contributed by atoms with Crippen LogP contribution in [0.4, 0.5) is 17.5 Å². The summed E-state index contributed by atoms with van der Waals surface area (Å²) in [5, 5.41) is 21.3. The largest absolute Gasteiger partial charge is 0.454 e. The molecule has 1 aliphatic rings. The number of hydrogen-bond donors (Lipinski definition) is 3. The number of nitrogens with one attached hydrogen (secondary N) is 2. The first-order valence-electron chi connectivity index (χ1n) is 9.57. The summed E-state index contributed by atoms with van der Waals surface area (Å²) in [5.41, 5.74) is 2.34. The van der Waals surface area contributed by atoms with Crippen LogP contribution in [0.25, 0.3) is 16.7 Å². The van der Waals surface area contributed by atoms with Gasteiger partial charge in [0.05, 0.1) is 23.4 Å². The van der Waals surface area contributed by atoms with Crippen LogP contribution < -0.4 is 20.1 Å². The van der Waals surface area contributed by atoms with Crippen LogP contribution >= 0.6 is 0 Å². The summed E-state index contributed by atoms with van der Waals surface area (Å²) in [4.78, 5) is 9.22. The minimum Gasteiger partial charge on any atom is -0.454 e. The van der Waals surface area contributed by atoms with Crippen molar-refractivity contribution >= 4 is 28.5 Å². The van der Waals surface area contributed by atoms with Crippen molar-refractivity contribution in [2.75, 3.05) is 24.0 Å². The maximum absolute atomic E-state index is 9.64. The summed E-state index contributed by atoms with van der Waals surface area (Å²) in [6.45, 7) is 2.24. The molecule has 30 heavy (non-hydrogen) atoms. The van der Waals surface area contributed by atoms with E-state index in [1.807, 2.05) is 48.5 Å². The van der Waals surface area contributed by atoms with E-state index in [1.165, 1.54) is 0 Å². The van der Waals surface area contributed by atoms with E-state index in [0.29, 0.717) is 35.5 Å². The van der Waals surface area contributed by atoms with Crippen molar-refractivity contribution in [2.24, 2.45) is 0 Å². The van der Waals surface area contributed by atoms with Gasteiger partial charge in [0, 0.05) is 18.3 Å². The standard InChI is InChI=1S/C21H20N6O3/c1-13(28)10-22-21-25-19(24-14-7-8-17-18(9-14)30-12-29-17)16-11-23-27(20(16)26-21)15-5-3-2-4-6-15/h2-9,11,13,28H,10,12H2,1H3,(H2,22,24,25,26)/t13-/m0/s1. The molecule has 0 spiro atoms. The normalized spacial score (nSPS) is 13.4. The zero-order valence-electron chi connectivity index (χ0n) is 16.2. The average Bonchev–Trinajstić information content (AvgIpc) is 3.39. The first kappa shape index (κ1) is 18.2. The van der Waals surface area contributed by atoms with Gasteiger partial charge in [-0.15, -0.1) is 0 Å². The highest BCUT2D eigenvalue weighted by Crippen LogP contribution is 2.36. The quantitative estimate of drug-likeness (QED) is 0.450. The Balaban J connectivity index is 1.58. The number of fused-ring (bicyclic) bond motifs is 2. The smallest absolute Gasteiger partial charge is 0.231 e. The molecule has 4 aromatic rings. The molecular weight excluding hydrogens is 384 g/mol. The third kappa shape index (κ3) is 3.46. The highest BCUT2D eigenvalue weighted by molar-refractivity contribution is 5.90. The molecule has 3 heterocycles. The van der Waals surface area contributed by atoms with Gasteiger partial charge in [0.2, 0.25) is 12.7 Å². The Kier molecular flexibility index (Phi) is 4.56. The number of rotatable bonds is 6. The number of para-hydroxylation sites is 1. The number of hydrogen-bond acceptors (Lipinski definition) is 8. The SMILES string of the molecule is C[C@H](O)CNc1nc(Nc2ccc3c(c2)OCO3)c2cnn(-c3ccccc3)c2n1. The first-order chi connectivity index (χ1) is 14.7. The second kappa shape index (κ2) is 7.53. The highest BCUT2D eigenvalue weighted by Gasteiger charge is 2.17. The Bertz CT molecular complexity index is 1190. The molecule has 2 aromatic heterocycles. The molecule has 5 rings (SSSR count). The van der Waals surface area contributed by atoms with E-state index >= 15 is 0 Å². The summed E-state index contributed by atoms with van der Waals surface area (Å²) < 4.78 is 12.6. The molecule has 152 valence electrons. The van der Waals surface area contributed by atoms with Crippen LogP contribution in [0.3, 0.4) is 0 Å². The van der Waals surface area contributed by atoms with Gasteiger partial charge < -0.3 is 25.2 Å². The molecule has 0 radical (unpaired) electrons. The predicted octanol–water partition coefficient (Wildman–Crippen LogP) is 3.08. The second-order valence-corrected chi connectivity index (χ2v) is 6.95. The third-order valence-corrected chi connectivity index (χ3v) is 4.62. The van der Waals surface area contributed by atoms with Crippen LogP contribution in [0.2, 0.25) is 0 Å². The van der Waals surface area contributed by atoms with Crippen LogP contribution in [0.1, 0.15) is 6.92 Å². The van der Waals surface area contributed by atoms with E-state index in [1.54, 1.807) is 17.8 Å². The van der Waals surface area contributed by atoms with Gasteiger partial charge in [-0.3, -0.25) is 0 Å². The van der Waals surface area contributed by atoms with E-state index < -0.39 is 6.10 Å². The predicted molar refractivity (Wildman–Crippen MR) is 113 cm³/mol. The van der Waals surface area contributed by atoms with E-state index in [4.69, 9.17) is 9.47 Å². The monoisotopic (exact) mass is 404 g/mol. The molecule has 1 atom stereocenters. The van der Waals surface area contributed by atoms with Gasteiger partial charge in [-0.25, -0.2) is 4.68 Å². The van der Waals surface area contributed by atoms with E-state index in [0.717, 1.165) is 16.8 Å². The van der Waals surface area contributed by atoms with Gasteiger partial charge in [-0.2, -0.15) is 15.1 Å². The lowest BCUT2D eigenvalue weighted by atomic mass is 10.2. The van der Waals surface area contributed by atoms with Gasteiger partial charge in [0.25, 0.3) is 0 Å². The first-order valence-corrected chi connectivity index (χ1v) is 9.57. The number of aliphatic hydroxyl groups is 1. The minimum absolute atomic E-state index is 0.216. The molecule has 3 N–H and O–H groups in total. The fraction of sp³-hybridized carbons (Fsp3) is 0.190. The van der Waals surface area contributed by atoms with Gasteiger partial charge >= 0.3 is 0 Å². The Morgan fingerprint density at radius 3 is 2.77 bits per heavy atom. The molecule has 0 unspecified atom stereocenters. The van der Waals surface area contributed by atoms with Crippen LogP contribution in [0.5, 0.6) is 11.5 Å². The zero-order valence-corrected chi connectivity index (χ0v) is 16.2. The molecule has 2 aromatic carbocycles. The minimum atomic E-state index is -0.534. The summed E-state index contributed by atoms with van der Waals surface area (Å²) in [6, 6.07) is 15.4. The fourth-order valence-corrected chi connectivity index (χ4v) is 3.19. The lowest BCUT2D eigenvalue weighted by Crippen LogP contribution is -2.17. The van der Waals surface area contributed by atoms with Crippen molar-refractivity contribution < 1.29 is 14.6 Å². The third-order valence-electron chi connectivity index (χ3n) is 4.62. The molecule has 0 amide bonds. The van der Waals surface area contributed by atoms with E-state index in [9.17, 15) is 5.11 Å². The lowest BCUT2D eigenvalue weighted by Gasteiger charge is -2.12. The van der Waals surface area contributed by atoms with Crippen molar-refractivity contribution in [3.8, 4) is 17.2 Å². The molecule has 9 nitrogen and oxygen atoms in total. The Hall–Kier alpha value is -3.85.